The van der Waals surface area contributed by atoms with E-state index in [-0.39, 0.29) is 18.7 Å². The molecule has 24 heavy (non-hydrogen) atoms. The fraction of sp³-hybridized carbons (Fsp3) is 0.467. The summed E-state index contributed by atoms with van der Waals surface area (Å²) >= 11 is 1.41. The lowest BCUT2D eigenvalue weighted by Gasteiger charge is -2.37. The molecule has 2 atom stereocenters. The third kappa shape index (κ3) is 3.12. The van der Waals surface area contributed by atoms with Gasteiger partial charge >= 0.3 is 12.1 Å². The smallest absolute Gasteiger partial charge is 0.393 e. The number of H-pyrrole nitrogens is 1. The summed E-state index contributed by atoms with van der Waals surface area (Å²) in [4.78, 5) is 29.1. The van der Waals surface area contributed by atoms with E-state index in [4.69, 9.17) is 0 Å². The van der Waals surface area contributed by atoms with Crippen molar-refractivity contribution in [3.05, 3.63) is 23.2 Å². The first-order valence-corrected chi connectivity index (χ1v) is 8.17. The Morgan fingerprint density at radius 2 is 2.12 bits per heavy atom. The molecule has 1 amide bonds. The van der Waals surface area contributed by atoms with Crippen molar-refractivity contribution in [2.45, 2.75) is 12.6 Å². The Morgan fingerprint density at radius 3 is 2.75 bits per heavy atom. The van der Waals surface area contributed by atoms with Crippen molar-refractivity contribution in [3.8, 4) is 0 Å². The van der Waals surface area contributed by atoms with Gasteiger partial charge in [0.1, 0.15) is 10.5 Å². The van der Waals surface area contributed by atoms with Gasteiger partial charge < -0.3 is 14.6 Å². The number of alkyl halides is 3. The highest BCUT2D eigenvalue weighted by molar-refractivity contribution is 7.16. The summed E-state index contributed by atoms with van der Waals surface area (Å²) in [5.41, 5.74) is 0.225. The van der Waals surface area contributed by atoms with Gasteiger partial charge in [-0.15, -0.1) is 11.3 Å². The first-order chi connectivity index (χ1) is 11.3. The molecule has 1 aliphatic rings. The minimum atomic E-state index is -4.47. The van der Waals surface area contributed by atoms with E-state index < -0.39 is 36.4 Å². The van der Waals surface area contributed by atoms with Crippen LogP contribution in [0, 0.1) is 11.8 Å². The molecule has 3 heterocycles. The maximum Gasteiger partial charge on any atom is 0.393 e. The number of aromatic amines is 1. The molecular weight excluding hydrogens is 345 g/mol. The summed E-state index contributed by atoms with van der Waals surface area (Å²) in [6.45, 7) is -0.534. The average Bonchev–Trinajstić information content (AvgIpc) is 3.13. The zero-order chi connectivity index (χ0) is 17.5. The monoisotopic (exact) mass is 360 g/mol. The van der Waals surface area contributed by atoms with Crippen molar-refractivity contribution < 1.29 is 27.5 Å². The number of fused-ring (bicyclic) bond motifs is 1. The molecule has 5 nitrogen and oxygen atoms in total. The van der Waals surface area contributed by atoms with Gasteiger partial charge in [-0.1, -0.05) is 0 Å². The molecule has 9 heteroatoms. The number of nitrogens with zero attached hydrogens (tertiary/aromatic N) is 1. The van der Waals surface area contributed by atoms with Crippen LogP contribution in [0.5, 0.6) is 0 Å². The second kappa shape index (κ2) is 6.12. The molecule has 0 radical (unpaired) electrons. The second-order valence-corrected chi connectivity index (χ2v) is 6.71. The molecule has 1 N–H and O–H groups in total. The van der Waals surface area contributed by atoms with Gasteiger partial charge in [0.2, 0.25) is 0 Å². The van der Waals surface area contributed by atoms with Crippen LogP contribution >= 0.6 is 11.3 Å². The number of aromatic nitrogens is 1. The van der Waals surface area contributed by atoms with Crippen LogP contribution in [0.15, 0.2) is 17.5 Å². The molecule has 0 spiro atoms. The third-order valence-electron chi connectivity index (χ3n) is 4.21. The summed E-state index contributed by atoms with van der Waals surface area (Å²) in [5, 5.41) is 2.68. The predicted octanol–water partition coefficient (Wildman–Crippen LogP) is 3.04. The molecule has 2 aromatic heterocycles. The van der Waals surface area contributed by atoms with Crippen LogP contribution in [0.25, 0.3) is 10.2 Å². The molecular formula is C15H15F3N2O3S. The molecule has 0 aliphatic carbocycles. The number of ether oxygens (including phenoxy) is 1. The Bertz CT molecular complexity index is 739. The van der Waals surface area contributed by atoms with Crippen molar-refractivity contribution in [1.29, 1.82) is 0 Å². The number of carbonyl (C=O) groups is 2. The average molecular weight is 360 g/mol. The van der Waals surface area contributed by atoms with Crippen LogP contribution < -0.4 is 0 Å². The Labute approximate surface area is 139 Å². The predicted molar refractivity (Wildman–Crippen MR) is 81.7 cm³/mol. The van der Waals surface area contributed by atoms with Crippen LogP contribution in [0.2, 0.25) is 0 Å². The zero-order valence-corrected chi connectivity index (χ0v) is 13.5. The molecule has 2 aromatic rings. The summed E-state index contributed by atoms with van der Waals surface area (Å²) in [6.07, 6.45) is -4.83. The Kier molecular flexibility index (Phi) is 4.29. The molecule has 1 fully saturated rings. The Morgan fingerprint density at radius 1 is 1.38 bits per heavy atom. The van der Waals surface area contributed by atoms with Crippen molar-refractivity contribution in [2.75, 3.05) is 20.2 Å². The van der Waals surface area contributed by atoms with Gasteiger partial charge in [0, 0.05) is 18.5 Å². The summed E-state index contributed by atoms with van der Waals surface area (Å²) in [5.74, 6) is -3.98. The van der Waals surface area contributed by atoms with Crippen LogP contribution in [0.4, 0.5) is 13.2 Å². The van der Waals surface area contributed by atoms with E-state index in [1.165, 1.54) is 11.3 Å². The number of nitrogens with one attached hydrogen (secondary N) is 1. The van der Waals surface area contributed by atoms with Gasteiger partial charge in [0.25, 0.3) is 5.91 Å². The van der Waals surface area contributed by atoms with Crippen LogP contribution in [-0.4, -0.2) is 48.1 Å². The molecule has 0 unspecified atom stereocenters. The fourth-order valence-electron chi connectivity index (χ4n) is 2.97. The molecule has 0 saturated carbocycles. The highest BCUT2D eigenvalue weighted by Crippen LogP contribution is 2.36. The Hall–Kier alpha value is -2.03. The standard InChI is InChI=1S/C15H15F3N2O3S/c1-23-14(22)9-4-10(15(16,17)18)7-20(6-9)13(21)11-5-8-2-3-24-12(8)19-11/h2-3,5,9-10,19H,4,6-7H2,1H3/t9-,10+/m1/s1. The van der Waals surface area contributed by atoms with Gasteiger partial charge in [0.15, 0.2) is 0 Å². The van der Waals surface area contributed by atoms with E-state index in [1.54, 1.807) is 6.07 Å². The number of halogens is 3. The first kappa shape index (κ1) is 16.8. The highest BCUT2D eigenvalue weighted by Gasteiger charge is 2.47. The van der Waals surface area contributed by atoms with Crippen molar-refractivity contribution in [1.82, 2.24) is 9.88 Å². The molecule has 3 rings (SSSR count). The van der Waals surface area contributed by atoms with Crippen LogP contribution in [0.3, 0.4) is 0 Å². The van der Waals surface area contributed by atoms with Gasteiger partial charge in [-0.3, -0.25) is 9.59 Å². The lowest BCUT2D eigenvalue weighted by molar-refractivity contribution is -0.191. The zero-order valence-electron chi connectivity index (χ0n) is 12.7. The molecule has 0 aromatic carbocycles. The quantitative estimate of drug-likeness (QED) is 0.838. The number of rotatable bonds is 2. The maximum absolute atomic E-state index is 13.1. The minimum Gasteiger partial charge on any atom is -0.469 e. The Balaban J connectivity index is 1.85. The fourth-order valence-corrected chi connectivity index (χ4v) is 3.76. The van der Waals surface area contributed by atoms with E-state index in [0.29, 0.717) is 0 Å². The number of esters is 1. The van der Waals surface area contributed by atoms with E-state index in [0.717, 1.165) is 22.2 Å². The van der Waals surface area contributed by atoms with E-state index in [9.17, 15) is 22.8 Å². The lowest BCUT2D eigenvalue weighted by atomic mass is 9.88. The third-order valence-corrected chi connectivity index (χ3v) is 5.05. The summed E-state index contributed by atoms with van der Waals surface area (Å²) in [7, 11) is 1.13. The van der Waals surface area contributed by atoms with Gasteiger partial charge in [-0.25, -0.2) is 0 Å². The van der Waals surface area contributed by atoms with Gasteiger partial charge in [-0.05, 0) is 23.9 Å². The number of likely N-dealkylation sites (tertiary alicyclic amines) is 1. The first-order valence-electron chi connectivity index (χ1n) is 7.29. The lowest BCUT2D eigenvalue weighted by Crippen LogP contribution is -2.50. The number of thiophene rings is 1. The van der Waals surface area contributed by atoms with E-state index >= 15 is 0 Å². The molecule has 1 saturated heterocycles. The second-order valence-electron chi connectivity index (χ2n) is 5.79. The van der Waals surface area contributed by atoms with Crippen molar-refractivity contribution in [2.24, 2.45) is 11.8 Å². The van der Waals surface area contributed by atoms with E-state index in [1.807, 2.05) is 11.4 Å². The molecule has 1 aliphatic heterocycles. The van der Waals surface area contributed by atoms with Crippen molar-refractivity contribution in [3.63, 3.8) is 0 Å². The summed E-state index contributed by atoms with van der Waals surface area (Å²) < 4.78 is 44.0. The largest absolute Gasteiger partial charge is 0.469 e. The minimum absolute atomic E-state index is 0.0786. The van der Waals surface area contributed by atoms with Crippen molar-refractivity contribution >= 4 is 33.4 Å². The normalized spacial score (nSPS) is 21.9. The number of methoxy groups -OCH3 is 1. The van der Waals surface area contributed by atoms with Gasteiger partial charge in [-0.2, -0.15) is 13.2 Å². The number of hydrogen-bond acceptors (Lipinski definition) is 4. The number of hydrogen-bond donors (Lipinski definition) is 1. The van der Waals surface area contributed by atoms with Crippen LogP contribution in [-0.2, 0) is 9.53 Å². The topological polar surface area (TPSA) is 62.4 Å². The number of piperidine rings is 1. The van der Waals surface area contributed by atoms with Crippen LogP contribution in [0.1, 0.15) is 16.9 Å². The van der Waals surface area contributed by atoms with Gasteiger partial charge in [0.05, 0.1) is 18.9 Å². The number of amides is 1. The maximum atomic E-state index is 13.1. The highest BCUT2D eigenvalue weighted by atomic mass is 32.1. The molecule has 130 valence electrons. The molecule has 0 bridgehead atoms. The summed E-state index contributed by atoms with van der Waals surface area (Å²) in [6, 6.07) is 3.43. The van der Waals surface area contributed by atoms with E-state index in [2.05, 4.69) is 9.72 Å². The SMILES string of the molecule is COC(=O)[C@@H]1C[C@H](C(F)(F)F)CN(C(=O)c2cc3ccsc3[nH]2)C1. The number of carbonyl (C=O) groups excluding carboxylic acids is 2.